The summed E-state index contributed by atoms with van der Waals surface area (Å²) in [5.74, 6) is 6.37. The summed E-state index contributed by atoms with van der Waals surface area (Å²) in [5.41, 5.74) is 4.92. The molecule has 1 aliphatic heterocycles. The third-order valence-corrected chi connectivity index (χ3v) is 11.6. The van der Waals surface area contributed by atoms with Crippen molar-refractivity contribution in [2.45, 2.75) is 112 Å². The fourth-order valence-corrected chi connectivity index (χ4v) is 9.42. The maximum absolute atomic E-state index is 12.6. The number of allylic oxidation sites excluding steroid dienone is 1. The fourth-order valence-electron chi connectivity index (χ4n) is 9.42. The molecule has 8 unspecified atom stereocenters. The zero-order valence-electron chi connectivity index (χ0n) is 24.5. The summed E-state index contributed by atoms with van der Waals surface area (Å²) in [7, 11) is 2.13. The molecule has 4 fully saturated rings. The first-order valence-electron chi connectivity index (χ1n) is 15.8. The summed E-state index contributed by atoms with van der Waals surface area (Å²) in [5, 5.41) is 2.01. The number of rotatable bonds is 7. The Morgan fingerprint density at radius 2 is 1.76 bits per heavy atom. The second-order valence-corrected chi connectivity index (χ2v) is 14.3. The van der Waals surface area contributed by atoms with Gasteiger partial charge in [-0.2, -0.15) is 0 Å². The number of nitrogens with one attached hydrogen (secondary N) is 1. The molecule has 8 atom stereocenters. The highest BCUT2D eigenvalue weighted by Gasteiger charge is 2.54. The van der Waals surface area contributed by atoms with Crippen LogP contribution in [0.1, 0.15) is 106 Å². The Kier molecular flexibility index (Phi) is 9.93. The predicted molar refractivity (Wildman–Crippen MR) is 158 cm³/mol. The van der Waals surface area contributed by atoms with E-state index in [1.165, 1.54) is 57.8 Å². The van der Waals surface area contributed by atoms with Crippen LogP contribution >= 0.6 is 0 Å². The van der Waals surface area contributed by atoms with E-state index in [9.17, 15) is 4.79 Å². The van der Waals surface area contributed by atoms with Crippen LogP contribution in [-0.2, 0) is 4.74 Å². The van der Waals surface area contributed by atoms with Gasteiger partial charge in [0, 0.05) is 32.6 Å². The minimum atomic E-state index is -0.257. The molecule has 1 amide bonds. The average molecular weight is 530 g/mol. The minimum absolute atomic E-state index is 0. The SMILES string of the molecule is C.CC(C)CCCC(C)C1CCC2C1CCC1C2CC=C2CC(OC(=O)NN3CCN(C)CC3)CCC21C. The number of amides is 1. The molecule has 218 valence electrons. The molecular weight excluding hydrogens is 470 g/mol. The summed E-state index contributed by atoms with van der Waals surface area (Å²) >= 11 is 0. The van der Waals surface area contributed by atoms with E-state index in [4.69, 9.17) is 4.74 Å². The van der Waals surface area contributed by atoms with Crippen LogP contribution in [-0.4, -0.2) is 55.3 Å². The molecule has 1 N–H and O–H groups in total. The second kappa shape index (κ2) is 12.6. The number of hydrogen-bond acceptors (Lipinski definition) is 4. The summed E-state index contributed by atoms with van der Waals surface area (Å²) in [6.45, 7) is 13.6. The zero-order valence-corrected chi connectivity index (χ0v) is 24.5. The number of carbonyl (C=O) groups is 1. The van der Waals surface area contributed by atoms with E-state index in [-0.39, 0.29) is 19.6 Å². The highest BCUT2D eigenvalue weighted by molar-refractivity contribution is 5.66. The first-order chi connectivity index (χ1) is 17.7. The number of ether oxygens (including phenoxy) is 1. The summed E-state index contributed by atoms with van der Waals surface area (Å²) in [6.07, 6.45) is 16.9. The number of hydrogen-bond donors (Lipinski definition) is 1. The lowest BCUT2D eigenvalue weighted by Gasteiger charge is -2.55. The van der Waals surface area contributed by atoms with Gasteiger partial charge in [0.05, 0.1) is 0 Å². The predicted octanol–water partition coefficient (Wildman–Crippen LogP) is 7.53. The van der Waals surface area contributed by atoms with Crippen molar-refractivity contribution >= 4 is 6.09 Å². The summed E-state index contributed by atoms with van der Waals surface area (Å²) in [6, 6.07) is 0. The standard InChI is InChI=1S/C32H55N3O2.CH4/c1-22(2)7-6-8-23(3)26-11-12-28-27(26)13-14-30-29(28)10-9-24-21-25(15-16-32(24,30)4)37-31(36)33-35-19-17-34(5)18-20-35;/h9,22-23,25-30H,6-8,10-21H2,1-5H3,(H,33,36);1H4. The molecule has 1 heterocycles. The Balaban J connectivity index is 0.00000336. The molecule has 0 aromatic carbocycles. The van der Waals surface area contributed by atoms with Crippen molar-refractivity contribution in [2.75, 3.05) is 33.2 Å². The average Bonchev–Trinajstić information content (AvgIpc) is 3.30. The summed E-state index contributed by atoms with van der Waals surface area (Å²) in [4.78, 5) is 14.9. The zero-order chi connectivity index (χ0) is 26.2. The quantitative estimate of drug-likeness (QED) is 0.346. The van der Waals surface area contributed by atoms with Crippen LogP contribution in [0.3, 0.4) is 0 Å². The van der Waals surface area contributed by atoms with E-state index < -0.39 is 0 Å². The second-order valence-electron chi connectivity index (χ2n) is 14.3. The lowest BCUT2D eigenvalue weighted by Crippen LogP contribution is -2.53. The number of fused-ring (bicyclic) bond motifs is 5. The van der Waals surface area contributed by atoms with Crippen LogP contribution in [0.2, 0.25) is 0 Å². The Morgan fingerprint density at radius 3 is 2.50 bits per heavy atom. The molecule has 5 aliphatic rings. The van der Waals surface area contributed by atoms with Crippen molar-refractivity contribution in [2.24, 2.45) is 46.8 Å². The topological polar surface area (TPSA) is 44.8 Å². The van der Waals surface area contributed by atoms with Crippen molar-refractivity contribution in [3.05, 3.63) is 11.6 Å². The van der Waals surface area contributed by atoms with Crippen molar-refractivity contribution < 1.29 is 9.53 Å². The molecule has 0 spiro atoms. The van der Waals surface area contributed by atoms with E-state index >= 15 is 0 Å². The number of piperazine rings is 1. The molecule has 3 saturated carbocycles. The Hall–Kier alpha value is -1.07. The molecule has 5 heteroatoms. The largest absolute Gasteiger partial charge is 0.445 e. The van der Waals surface area contributed by atoms with Gasteiger partial charge in [0.2, 0.25) is 0 Å². The van der Waals surface area contributed by atoms with Gasteiger partial charge < -0.3 is 9.64 Å². The molecule has 4 aliphatic carbocycles. The van der Waals surface area contributed by atoms with Gasteiger partial charge in [-0.25, -0.2) is 9.80 Å². The van der Waals surface area contributed by atoms with Gasteiger partial charge in [-0.3, -0.25) is 5.43 Å². The van der Waals surface area contributed by atoms with Gasteiger partial charge in [-0.05, 0) is 98.8 Å². The van der Waals surface area contributed by atoms with Crippen LogP contribution in [0.15, 0.2) is 11.6 Å². The van der Waals surface area contributed by atoms with Crippen molar-refractivity contribution in [1.82, 2.24) is 15.3 Å². The van der Waals surface area contributed by atoms with Crippen molar-refractivity contribution in [1.29, 1.82) is 0 Å². The number of hydrazine groups is 1. The maximum Gasteiger partial charge on any atom is 0.422 e. The molecule has 0 aromatic heterocycles. The van der Waals surface area contributed by atoms with Gasteiger partial charge in [-0.15, -0.1) is 0 Å². The van der Waals surface area contributed by atoms with Gasteiger partial charge in [0.1, 0.15) is 6.10 Å². The van der Waals surface area contributed by atoms with E-state index in [1.807, 2.05) is 5.01 Å². The minimum Gasteiger partial charge on any atom is -0.445 e. The first-order valence-corrected chi connectivity index (χ1v) is 15.8. The van der Waals surface area contributed by atoms with Crippen LogP contribution in [0.5, 0.6) is 0 Å². The van der Waals surface area contributed by atoms with Crippen LogP contribution < -0.4 is 5.43 Å². The fraction of sp³-hybridized carbons (Fsp3) is 0.909. The Labute approximate surface area is 234 Å². The van der Waals surface area contributed by atoms with E-state index in [1.54, 1.807) is 5.57 Å². The van der Waals surface area contributed by atoms with Crippen LogP contribution in [0, 0.1) is 46.8 Å². The summed E-state index contributed by atoms with van der Waals surface area (Å²) < 4.78 is 5.96. The maximum atomic E-state index is 12.6. The van der Waals surface area contributed by atoms with Crippen LogP contribution in [0.25, 0.3) is 0 Å². The first kappa shape index (κ1) is 29.9. The third kappa shape index (κ3) is 6.29. The van der Waals surface area contributed by atoms with Gasteiger partial charge in [-0.1, -0.05) is 66.0 Å². The molecule has 0 bridgehead atoms. The van der Waals surface area contributed by atoms with E-state index in [0.717, 1.165) is 80.4 Å². The molecule has 5 rings (SSSR count). The highest BCUT2D eigenvalue weighted by atomic mass is 16.6. The van der Waals surface area contributed by atoms with Gasteiger partial charge >= 0.3 is 6.09 Å². The molecule has 0 radical (unpaired) electrons. The molecular formula is C33H59N3O2. The Morgan fingerprint density at radius 1 is 1.03 bits per heavy atom. The smallest absolute Gasteiger partial charge is 0.422 e. The molecule has 5 nitrogen and oxygen atoms in total. The highest BCUT2D eigenvalue weighted by Crippen LogP contribution is 2.63. The normalized spacial score (nSPS) is 38.3. The Bertz CT molecular complexity index is 819. The van der Waals surface area contributed by atoms with Crippen molar-refractivity contribution in [3.63, 3.8) is 0 Å². The van der Waals surface area contributed by atoms with Crippen molar-refractivity contribution in [3.8, 4) is 0 Å². The van der Waals surface area contributed by atoms with Gasteiger partial charge in [0.15, 0.2) is 0 Å². The lowest BCUT2D eigenvalue weighted by atomic mass is 9.50. The number of nitrogens with zero attached hydrogens (tertiary/aromatic N) is 2. The lowest BCUT2D eigenvalue weighted by molar-refractivity contribution is -0.0212. The van der Waals surface area contributed by atoms with Crippen LogP contribution in [0.4, 0.5) is 4.79 Å². The number of likely N-dealkylation sites (N-methyl/N-ethyl adjacent to an activating group) is 1. The third-order valence-electron chi connectivity index (χ3n) is 11.6. The van der Waals surface area contributed by atoms with Gasteiger partial charge in [0.25, 0.3) is 0 Å². The molecule has 1 saturated heterocycles. The number of carbonyl (C=O) groups excluding carboxylic acids is 1. The van der Waals surface area contributed by atoms with E-state index in [2.05, 4.69) is 51.1 Å². The molecule has 0 aromatic rings. The van der Waals surface area contributed by atoms with E-state index in [0.29, 0.717) is 5.41 Å². The molecule has 38 heavy (non-hydrogen) atoms. The monoisotopic (exact) mass is 529 g/mol.